The maximum absolute atomic E-state index is 12.6. The molecule has 1 aromatic heterocycles. The van der Waals surface area contributed by atoms with Gasteiger partial charge in [0.1, 0.15) is 6.54 Å². The van der Waals surface area contributed by atoms with E-state index in [0.717, 1.165) is 17.8 Å². The van der Waals surface area contributed by atoms with Crippen LogP contribution in [0, 0.1) is 13.8 Å². The van der Waals surface area contributed by atoms with Crippen LogP contribution in [0.25, 0.3) is 0 Å². The van der Waals surface area contributed by atoms with E-state index in [4.69, 9.17) is 0 Å². The molecule has 1 aromatic rings. The minimum Gasteiger partial charge on any atom is -0.340 e. The topological polar surface area (TPSA) is 50.2 Å². The predicted molar refractivity (Wildman–Crippen MR) is 75.6 cm³/mol. The lowest BCUT2D eigenvalue weighted by molar-refractivity contribution is -0.143. The summed E-state index contributed by atoms with van der Waals surface area (Å²) in [6.07, 6.45) is -4.33. The third kappa shape index (κ3) is 3.60. The summed E-state index contributed by atoms with van der Waals surface area (Å²) >= 11 is 0. The summed E-state index contributed by atoms with van der Waals surface area (Å²) in [4.78, 5) is 14.3. The number of rotatable bonds is 3. The summed E-state index contributed by atoms with van der Waals surface area (Å²) in [6.45, 7) is 6.57. The van der Waals surface area contributed by atoms with Crippen LogP contribution in [0.4, 0.5) is 13.2 Å². The molecule has 1 N–H and O–H groups in total. The zero-order valence-electron chi connectivity index (χ0n) is 13.0. The number of aromatic nitrogens is 2. The summed E-state index contributed by atoms with van der Waals surface area (Å²) in [5.41, 5.74) is 1.50. The van der Waals surface area contributed by atoms with Gasteiger partial charge in [0.2, 0.25) is 5.91 Å². The first-order chi connectivity index (χ1) is 10.2. The highest BCUT2D eigenvalue weighted by Crippen LogP contribution is 2.27. The Kier molecular flexibility index (Phi) is 4.79. The van der Waals surface area contributed by atoms with Gasteiger partial charge in [-0.2, -0.15) is 18.3 Å². The highest BCUT2D eigenvalue weighted by molar-refractivity contribution is 5.84. The summed E-state index contributed by atoms with van der Waals surface area (Å²) in [7, 11) is 0. The third-order valence-electron chi connectivity index (χ3n) is 4.00. The second kappa shape index (κ2) is 6.28. The van der Waals surface area contributed by atoms with Gasteiger partial charge in [-0.05, 0) is 20.8 Å². The quantitative estimate of drug-likeness (QED) is 0.921. The molecular weight excluding hydrogens is 297 g/mol. The minimum atomic E-state index is -4.33. The molecule has 0 saturated carbocycles. The molecule has 0 unspecified atom stereocenters. The van der Waals surface area contributed by atoms with E-state index in [9.17, 15) is 18.0 Å². The van der Waals surface area contributed by atoms with E-state index in [-0.39, 0.29) is 5.91 Å². The van der Waals surface area contributed by atoms with Crippen molar-refractivity contribution in [1.29, 1.82) is 0 Å². The number of carbonyl (C=O) groups is 1. The standard InChI is InChI=1S/C14H21F3N4O/c1-9(13(22)20-6-4-18-5-7-20)12-10(2)19-21(11(12)3)8-14(15,16)17/h9,18H,4-8H2,1-3H3/t9-/m0/s1. The lowest BCUT2D eigenvalue weighted by atomic mass is 9.97. The number of carbonyl (C=O) groups excluding carboxylic acids is 1. The Morgan fingerprint density at radius 3 is 2.45 bits per heavy atom. The van der Waals surface area contributed by atoms with Crippen LogP contribution >= 0.6 is 0 Å². The number of nitrogens with one attached hydrogen (secondary N) is 1. The van der Waals surface area contributed by atoms with Gasteiger partial charge in [-0.25, -0.2) is 0 Å². The number of nitrogens with zero attached hydrogens (tertiary/aromatic N) is 3. The van der Waals surface area contributed by atoms with E-state index >= 15 is 0 Å². The number of hydrogen-bond acceptors (Lipinski definition) is 3. The van der Waals surface area contributed by atoms with Gasteiger partial charge in [-0.3, -0.25) is 9.48 Å². The monoisotopic (exact) mass is 318 g/mol. The van der Waals surface area contributed by atoms with Gasteiger partial charge < -0.3 is 10.2 Å². The van der Waals surface area contributed by atoms with Crippen LogP contribution in [0.3, 0.4) is 0 Å². The zero-order chi connectivity index (χ0) is 16.5. The lowest BCUT2D eigenvalue weighted by Gasteiger charge is -2.30. The smallest absolute Gasteiger partial charge is 0.340 e. The van der Waals surface area contributed by atoms with Crippen molar-refractivity contribution < 1.29 is 18.0 Å². The number of aryl methyl sites for hydroxylation is 1. The molecule has 1 aliphatic heterocycles. The predicted octanol–water partition coefficient (Wildman–Crippen LogP) is 1.60. The van der Waals surface area contributed by atoms with Gasteiger partial charge in [-0.15, -0.1) is 0 Å². The van der Waals surface area contributed by atoms with Crippen molar-refractivity contribution in [3.63, 3.8) is 0 Å². The van der Waals surface area contributed by atoms with E-state index in [2.05, 4.69) is 10.4 Å². The molecule has 0 aromatic carbocycles. The molecular formula is C14H21F3N4O. The lowest BCUT2D eigenvalue weighted by Crippen LogP contribution is -2.47. The Labute approximate surface area is 127 Å². The van der Waals surface area contributed by atoms with E-state index in [1.807, 2.05) is 0 Å². The van der Waals surface area contributed by atoms with E-state index in [1.165, 1.54) is 0 Å². The van der Waals surface area contributed by atoms with Crippen molar-refractivity contribution in [2.45, 2.75) is 39.4 Å². The molecule has 1 saturated heterocycles. The Hall–Kier alpha value is -1.57. The van der Waals surface area contributed by atoms with Crippen LogP contribution in [-0.2, 0) is 11.3 Å². The normalized spacial score (nSPS) is 17.6. The third-order valence-corrected chi connectivity index (χ3v) is 4.00. The second-order valence-electron chi connectivity index (χ2n) is 5.65. The molecule has 22 heavy (non-hydrogen) atoms. The number of alkyl halides is 3. The fraction of sp³-hybridized carbons (Fsp3) is 0.714. The first-order valence-electron chi connectivity index (χ1n) is 7.31. The number of piperazine rings is 1. The maximum Gasteiger partial charge on any atom is 0.408 e. The molecule has 1 atom stereocenters. The first-order valence-corrected chi connectivity index (χ1v) is 7.31. The van der Waals surface area contributed by atoms with Crippen LogP contribution in [0.1, 0.15) is 29.8 Å². The molecule has 0 spiro atoms. The van der Waals surface area contributed by atoms with Crippen molar-refractivity contribution in [2.24, 2.45) is 0 Å². The van der Waals surface area contributed by atoms with Crippen molar-refractivity contribution >= 4 is 5.91 Å². The van der Waals surface area contributed by atoms with Crippen LogP contribution in [-0.4, -0.2) is 52.9 Å². The van der Waals surface area contributed by atoms with Crippen molar-refractivity contribution in [3.05, 3.63) is 17.0 Å². The highest BCUT2D eigenvalue weighted by Gasteiger charge is 2.32. The fourth-order valence-electron chi connectivity index (χ4n) is 2.94. The van der Waals surface area contributed by atoms with Gasteiger partial charge in [-0.1, -0.05) is 0 Å². The molecule has 0 radical (unpaired) electrons. The molecule has 124 valence electrons. The van der Waals surface area contributed by atoms with Gasteiger partial charge in [0.25, 0.3) is 0 Å². The largest absolute Gasteiger partial charge is 0.408 e. The summed E-state index contributed by atoms with van der Waals surface area (Å²) in [5.74, 6) is -0.542. The summed E-state index contributed by atoms with van der Waals surface area (Å²) in [6, 6.07) is 0. The average Bonchev–Trinajstić information content (AvgIpc) is 2.71. The van der Waals surface area contributed by atoms with Crippen LogP contribution < -0.4 is 5.32 Å². The van der Waals surface area contributed by atoms with Crippen molar-refractivity contribution in [1.82, 2.24) is 20.0 Å². The van der Waals surface area contributed by atoms with Crippen LogP contribution in [0.15, 0.2) is 0 Å². The summed E-state index contributed by atoms with van der Waals surface area (Å²) in [5, 5.41) is 7.12. The molecule has 2 heterocycles. The van der Waals surface area contributed by atoms with Gasteiger partial charge >= 0.3 is 6.18 Å². The fourth-order valence-corrected chi connectivity index (χ4v) is 2.94. The van der Waals surface area contributed by atoms with E-state index < -0.39 is 18.6 Å². The Morgan fingerprint density at radius 1 is 1.32 bits per heavy atom. The van der Waals surface area contributed by atoms with Gasteiger partial charge in [0.05, 0.1) is 11.6 Å². The highest BCUT2D eigenvalue weighted by atomic mass is 19.4. The van der Waals surface area contributed by atoms with Gasteiger partial charge in [0, 0.05) is 37.4 Å². The molecule has 1 aliphatic rings. The number of halogens is 3. The molecule has 1 amide bonds. The maximum atomic E-state index is 12.6. The Balaban J connectivity index is 2.22. The zero-order valence-corrected chi connectivity index (χ0v) is 13.0. The van der Waals surface area contributed by atoms with Crippen LogP contribution in [0.5, 0.6) is 0 Å². The van der Waals surface area contributed by atoms with Crippen molar-refractivity contribution in [3.8, 4) is 0 Å². The van der Waals surface area contributed by atoms with Gasteiger partial charge in [0.15, 0.2) is 0 Å². The number of amides is 1. The SMILES string of the molecule is Cc1nn(CC(F)(F)F)c(C)c1[C@H](C)C(=O)N1CCNCC1. The molecule has 8 heteroatoms. The van der Waals surface area contributed by atoms with E-state index in [1.54, 1.807) is 25.7 Å². The van der Waals surface area contributed by atoms with E-state index in [0.29, 0.717) is 30.0 Å². The molecule has 2 rings (SSSR count). The Morgan fingerprint density at radius 2 is 1.91 bits per heavy atom. The average molecular weight is 318 g/mol. The molecule has 0 aliphatic carbocycles. The minimum absolute atomic E-state index is 0.0562. The second-order valence-corrected chi connectivity index (χ2v) is 5.65. The van der Waals surface area contributed by atoms with Crippen molar-refractivity contribution in [2.75, 3.05) is 26.2 Å². The molecule has 5 nitrogen and oxygen atoms in total. The van der Waals surface area contributed by atoms with Crippen LogP contribution in [0.2, 0.25) is 0 Å². The molecule has 0 bridgehead atoms. The Bertz CT molecular complexity index is 547. The first kappa shape index (κ1) is 16.8. The molecule has 1 fully saturated rings. The summed E-state index contributed by atoms with van der Waals surface area (Å²) < 4.78 is 38.6. The number of hydrogen-bond donors (Lipinski definition) is 1.